The van der Waals surface area contributed by atoms with Gasteiger partial charge >= 0.3 is 0 Å². The molecular weight excluding hydrogens is 231 g/mol. The molecule has 0 aliphatic rings. The Labute approximate surface area is 108 Å². The number of benzene rings is 1. The van der Waals surface area contributed by atoms with Crippen LogP contribution in [-0.2, 0) is 11.2 Å². The lowest BCUT2D eigenvalue weighted by atomic mass is 10.1. The number of nitrogens with zero attached hydrogens (tertiary/aromatic N) is 1. The zero-order valence-corrected chi connectivity index (χ0v) is 11.1. The molecule has 4 heteroatoms. The Balaban J connectivity index is 2.05. The van der Waals surface area contributed by atoms with Gasteiger partial charge in [-0.3, -0.25) is 4.79 Å². The fraction of sp³-hybridized carbons (Fsp3) is 0.500. The molecule has 0 bridgehead atoms. The Morgan fingerprint density at radius 2 is 1.89 bits per heavy atom. The Morgan fingerprint density at radius 1 is 1.22 bits per heavy atom. The standard InChI is InChI=1S/C14H21FN2O/c1-17(2)14(18)4-3-10-16-11-9-12-5-7-13(15)8-6-12/h5-8,16H,3-4,9-11H2,1-2H3. The summed E-state index contributed by atoms with van der Waals surface area (Å²) >= 11 is 0. The highest BCUT2D eigenvalue weighted by Crippen LogP contribution is 2.02. The van der Waals surface area contributed by atoms with E-state index in [0.29, 0.717) is 6.42 Å². The van der Waals surface area contributed by atoms with Crippen molar-refractivity contribution in [1.82, 2.24) is 10.2 Å². The Bertz CT molecular complexity index is 363. The molecule has 1 rings (SSSR count). The third-order valence-electron chi connectivity index (χ3n) is 2.75. The second-order valence-corrected chi connectivity index (χ2v) is 4.52. The molecule has 1 amide bonds. The molecule has 1 aromatic rings. The normalized spacial score (nSPS) is 10.4. The second kappa shape index (κ2) is 7.82. The van der Waals surface area contributed by atoms with Gasteiger partial charge in [0, 0.05) is 20.5 Å². The first-order valence-corrected chi connectivity index (χ1v) is 6.25. The van der Waals surface area contributed by atoms with Gasteiger partial charge in [0.1, 0.15) is 5.82 Å². The zero-order chi connectivity index (χ0) is 13.4. The molecule has 0 saturated carbocycles. The van der Waals surface area contributed by atoms with Crippen molar-refractivity contribution in [2.24, 2.45) is 0 Å². The molecule has 1 N–H and O–H groups in total. The van der Waals surface area contributed by atoms with Gasteiger partial charge in [-0.15, -0.1) is 0 Å². The maximum Gasteiger partial charge on any atom is 0.222 e. The van der Waals surface area contributed by atoms with Gasteiger partial charge < -0.3 is 10.2 Å². The fourth-order valence-corrected chi connectivity index (χ4v) is 1.60. The van der Waals surface area contributed by atoms with Gasteiger partial charge in [-0.1, -0.05) is 12.1 Å². The van der Waals surface area contributed by atoms with Crippen LogP contribution in [-0.4, -0.2) is 38.0 Å². The summed E-state index contributed by atoms with van der Waals surface area (Å²) in [5.41, 5.74) is 1.12. The molecule has 18 heavy (non-hydrogen) atoms. The summed E-state index contributed by atoms with van der Waals surface area (Å²) in [5.74, 6) is -0.0377. The monoisotopic (exact) mass is 252 g/mol. The third kappa shape index (κ3) is 5.77. The molecule has 0 atom stereocenters. The Morgan fingerprint density at radius 3 is 2.50 bits per heavy atom. The molecule has 0 saturated heterocycles. The molecule has 0 unspecified atom stereocenters. The van der Waals surface area contributed by atoms with Gasteiger partial charge in [-0.25, -0.2) is 4.39 Å². The molecule has 0 fully saturated rings. The van der Waals surface area contributed by atoms with E-state index in [4.69, 9.17) is 0 Å². The van der Waals surface area contributed by atoms with Crippen LogP contribution in [0.25, 0.3) is 0 Å². The van der Waals surface area contributed by atoms with E-state index in [-0.39, 0.29) is 11.7 Å². The summed E-state index contributed by atoms with van der Waals surface area (Å²) in [4.78, 5) is 12.9. The lowest BCUT2D eigenvalue weighted by Gasteiger charge is -2.10. The van der Waals surface area contributed by atoms with Crippen LogP contribution < -0.4 is 5.32 Å². The number of halogens is 1. The maximum atomic E-state index is 12.7. The van der Waals surface area contributed by atoms with Crippen molar-refractivity contribution in [2.45, 2.75) is 19.3 Å². The summed E-state index contributed by atoms with van der Waals surface area (Å²) in [6.07, 6.45) is 2.30. The van der Waals surface area contributed by atoms with Gasteiger partial charge in [0.2, 0.25) is 5.91 Å². The minimum absolute atomic E-state index is 0.162. The predicted octanol–water partition coefficient (Wildman–Crippen LogP) is 1.83. The van der Waals surface area contributed by atoms with Crippen LogP contribution in [0.3, 0.4) is 0 Å². The highest BCUT2D eigenvalue weighted by atomic mass is 19.1. The van der Waals surface area contributed by atoms with E-state index in [9.17, 15) is 9.18 Å². The average molecular weight is 252 g/mol. The van der Waals surface area contributed by atoms with E-state index in [1.54, 1.807) is 31.1 Å². The third-order valence-corrected chi connectivity index (χ3v) is 2.75. The van der Waals surface area contributed by atoms with Crippen molar-refractivity contribution in [2.75, 3.05) is 27.2 Å². The first-order valence-electron chi connectivity index (χ1n) is 6.25. The van der Waals surface area contributed by atoms with Gasteiger partial charge in [-0.05, 0) is 43.6 Å². The minimum atomic E-state index is -0.200. The van der Waals surface area contributed by atoms with Crippen LogP contribution in [0.5, 0.6) is 0 Å². The van der Waals surface area contributed by atoms with E-state index in [2.05, 4.69) is 5.32 Å². The summed E-state index contributed by atoms with van der Waals surface area (Å²) in [6, 6.07) is 6.55. The van der Waals surface area contributed by atoms with E-state index in [1.807, 2.05) is 0 Å². The topological polar surface area (TPSA) is 32.3 Å². The van der Waals surface area contributed by atoms with Crippen molar-refractivity contribution in [1.29, 1.82) is 0 Å². The molecule has 1 aromatic carbocycles. The predicted molar refractivity (Wildman–Crippen MR) is 70.9 cm³/mol. The number of hydrogen-bond donors (Lipinski definition) is 1. The van der Waals surface area contributed by atoms with Crippen LogP contribution in [0.4, 0.5) is 4.39 Å². The van der Waals surface area contributed by atoms with Gasteiger partial charge in [-0.2, -0.15) is 0 Å². The first kappa shape index (κ1) is 14.6. The SMILES string of the molecule is CN(C)C(=O)CCCNCCc1ccc(F)cc1. The smallest absolute Gasteiger partial charge is 0.222 e. The molecular formula is C14H21FN2O. The number of hydrogen-bond acceptors (Lipinski definition) is 2. The molecule has 0 aliphatic heterocycles. The van der Waals surface area contributed by atoms with E-state index >= 15 is 0 Å². The van der Waals surface area contributed by atoms with Crippen molar-refractivity contribution in [3.05, 3.63) is 35.6 Å². The van der Waals surface area contributed by atoms with Gasteiger partial charge in [0.15, 0.2) is 0 Å². The van der Waals surface area contributed by atoms with Gasteiger partial charge in [0.25, 0.3) is 0 Å². The van der Waals surface area contributed by atoms with Crippen LogP contribution >= 0.6 is 0 Å². The van der Waals surface area contributed by atoms with Crippen molar-refractivity contribution in [3.63, 3.8) is 0 Å². The molecule has 0 radical (unpaired) electrons. The summed E-state index contributed by atoms with van der Waals surface area (Å²) in [7, 11) is 3.54. The zero-order valence-electron chi connectivity index (χ0n) is 11.1. The average Bonchev–Trinajstić information content (AvgIpc) is 2.35. The highest BCUT2D eigenvalue weighted by molar-refractivity contribution is 5.75. The maximum absolute atomic E-state index is 12.7. The highest BCUT2D eigenvalue weighted by Gasteiger charge is 2.02. The summed E-state index contributed by atoms with van der Waals surface area (Å²) < 4.78 is 12.7. The van der Waals surface area contributed by atoms with Crippen LogP contribution in [0.2, 0.25) is 0 Å². The number of carbonyl (C=O) groups excluding carboxylic acids is 1. The van der Waals surface area contributed by atoms with Crippen LogP contribution in [0.1, 0.15) is 18.4 Å². The van der Waals surface area contributed by atoms with Crippen molar-refractivity contribution >= 4 is 5.91 Å². The van der Waals surface area contributed by atoms with Crippen LogP contribution in [0, 0.1) is 5.82 Å². The lowest BCUT2D eigenvalue weighted by Crippen LogP contribution is -2.24. The molecule has 0 heterocycles. The van der Waals surface area contributed by atoms with Gasteiger partial charge in [0.05, 0.1) is 0 Å². The molecule has 0 aromatic heterocycles. The number of amides is 1. The number of nitrogens with one attached hydrogen (secondary N) is 1. The number of rotatable bonds is 7. The van der Waals surface area contributed by atoms with Crippen LogP contribution in [0.15, 0.2) is 24.3 Å². The van der Waals surface area contributed by atoms with E-state index in [1.165, 1.54) is 12.1 Å². The molecule has 0 spiro atoms. The minimum Gasteiger partial charge on any atom is -0.349 e. The summed E-state index contributed by atoms with van der Waals surface area (Å²) in [5, 5.41) is 3.28. The quantitative estimate of drug-likeness (QED) is 0.751. The molecule has 0 aliphatic carbocycles. The van der Waals surface area contributed by atoms with E-state index < -0.39 is 0 Å². The van der Waals surface area contributed by atoms with Crippen molar-refractivity contribution in [3.8, 4) is 0 Å². The Kier molecular flexibility index (Phi) is 6.36. The lowest BCUT2D eigenvalue weighted by molar-refractivity contribution is -0.128. The molecule has 3 nitrogen and oxygen atoms in total. The first-order chi connectivity index (χ1) is 8.59. The second-order valence-electron chi connectivity index (χ2n) is 4.52. The Hall–Kier alpha value is -1.42. The summed E-state index contributed by atoms with van der Waals surface area (Å²) in [6.45, 7) is 1.68. The van der Waals surface area contributed by atoms with Crippen molar-refractivity contribution < 1.29 is 9.18 Å². The fourth-order valence-electron chi connectivity index (χ4n) is 1.60. The van der Waals surface area contributed by atoms with E-state index in [0.717, 1.165) is 31.5 Å². The number of carbonyl (C=O) groups is 1. The molecule has 100 valence electrons. The largest absolute Gasteiger partial charge is 0.349 e.